The molecule has 1 aromatic heterocycles. The van der Waals surface area contributed by atoms with E-state index in [1.165, 1.54) is 12.8 Å². The van der Waals surface area contributed by atoms with Crippen LogP contribution in [0, 0.1) is 13.8 Å². The second kappa shape index (κ2) is 4.04. The van der Waals surface area contributed by atoms with Crippen LogP contribution in [-0.2, 0) is 0 Å². The van der Waals surface area contributed by atoms with Crippen molar-refractivity contribution in [2.45, 2.75) is 26.7 Å². The monoisotopic (exact) mass is 206 g/mol. The summed E-state index contributed by atoms with van der Waals surface area (Å²) in [6, 6.07) is 0. The molecule has 0 aromatic carbocycles. The van der Waals surface area contributed by atoms with Crippen LogP contribution in [0.2, 0.25) is 0 Å². The third-order valence-electron chi connectivity index (χ3n) is 3.00. The molecule has 0 amide bonds. The van der Waals surface area contributed by atoms with Gasteiger partial charge in [-0.3, -0.25) is 0 Å². The molecule has 1 fully saturated rings. The first kappa shape index (κ1) is 10.2. The Labute approximate surface area is 90.7 Å². The Balaban J connectivity index is 2.35. The lowest BCUT2D eigenvalue weighted by molar-refractivity contribution is 0.884. The van der Waals surface area contributed by atoms with Gasteiger partial charge in [-0.1, -0.05) is 0 Å². The SMILES string of the molecule is CNc1nc(N2CCCC2)nc(C)c1C. The molecule has 0 unspecified atom stereocenters. The quantitative estimate of drug-likeness (QED) is 0.800. The molecule has 15 heavy (non-hydrogen) atoms. The predicted octanol–water partition coefficient (Wildman–Crippen LogP) is 1.74. The molecule has 1 aromatic rings. The van der Waals surface area contributed by atoms with Crippen molar-refractivity contribution in [1.82, 2.24) is 9.97 Å². The number of hydrogen-bond donors (Lipinski definition) is 1. The van der Waals surface area contributed by atoms with Gasteiger partial charge in [-0.2, -0.15) is 4.98 Å². The van der Waals surface area contributed by atoms with Crippen LogP contribution < -0.4 is 10.2 Å². The van der Waals surface area contributed by atoms with E-state index in [-0.39, 0.29) is 0 Å². The molecule has 0 atom stereocenters. The second-order valence-corrected chi connectivity index (χ2v) is 4.03. The minimum atomic E-state index is 0.875. The summed E-state index contributed by atoms with van der Waals surface area (Å²) in [5.41, 5.74) is 2.21. The van der Waals surface area contributed by atoms with Crippen molar-refractivity contribution < 1.29 is 0 Å². The molecule has 82 valence electrons. The lowest BCUT2D eigenvalue weighted by Crippen LogP contribution is -2.21. The van der Waals surface area contributed by atoms with Crippen LogP contribution >= 0.6 is 0 Å². The summed E-state index contributed by atoms with van der Waals surface area (Å²) in [7, 11) is 1.91. The van der Waals surface area contributed by atoms with Crippen LogP contribution in [0.15, 0.2) is 0 Å². The average molecular weight is 206 g/mol. The molecule has 0 saturated carbocycles. The lowest BCUT2D eigenvalue weighted by Gasteiger charge is -2.17. The van der Waals surface area contributed by atoms with Crippen molar-refractivity contribution in [3.63, 3.8) is 0 Å². The van der Waals surface area contributed by atoms with Crippen LogP contribution in [0.3, 0.4) is 0 Å². The number of aryl methyl sites for hydroxylation is 1. The molecule has 0 aliphatic carbocycles. The molecule has 1 aliphatic rings. The van der Waals surface area contributed by atoms with Crippen molar-refractivity contribution >= 4 is 11.8 Å². The van der Waals surface area contributed by atoms with Crippen LogP contribution in [0.1, 0.15) is 24.1 Å². The molecule has 1 saturated heterocycles. The van der Waals surface area contributed by atoms with Gasteiger partial charge in [0.15, 0.2) is 0 Å². The zero-order valence-electron chi connectivity index (χ0n) is 9.67. The van der Waals surface area contributed by atoms with Crippen molar-refractivity contribution in [1.29, 1.82) is 0 Å². The number of nitrogens with zero attached hydrogens (tertiary/aromatic N) is 3. The highest BCUT2D eigenvalue weighted by Crippen LogP contribution is 2.21. The van der Waals surface area contributed by atoms with Crippen LogP contribution in [0.5, 0.6) is 0 Å². The van der Waals surface area contributed by atoms with Crippen LogP contribution in [0.4, 0.5) is 11.8 Å². The smallest absolute Gasteiger partial charge is 0.227 e. The van der Waals surface area contributed by atoms with Crippen molar-refractivity contribution in [2.24, 2.45) is 0 Å². The van der Waals surface area contributed by atoms with Gasteiger partial charge in [-0.25, -0.2) is 4.98 Å². The molecule has 2 rings (SSSR count). The fraction of sp³-hybridized carbons (Fsp3) is 0.636. The van der Waals surface area contributed by atoms with Gasteiger partial charge in [-0.05, 0) is 26.7 Å². The second-order valence-electron chi connectivity index (χ2n) is 4.03. The standard InChI is InChI=1S/C11H18N4/c1-8-9(2)13-11(14-10(8)12-3)15-6-4-5-7-15/h4-7H2,1-3H3,(H,12,13,14). The van der Waals surface area contributed by atoms with Crippen LogP contribution in [-0.4, -0.2) is 30.1 Å². The Hall–Kier alpha value is -1.32. The Morgan fingerprint density at radius 1 is 1.13 bits per heavy atom. The molecule has 0 bridgehead atoms. The maximum Gasteiger partial charge on any atom is 0.227 e. The van der Waals surface area contributed by atoms with E-state index in [2.05, 4.69) is 27.1 Å². The molecule has 1 N–H and O–H groups in total. The Bertz CT molecular complexity index is 356. The lowest BCUT2D eigenvalue weighted by atomic mass is 10.2. The number of aromatic nitrogens is 2. The van der Waals surface area contributed by atoms with E-state index in [0.29, 0.717) is 0 Å². The van der Waals surface area contributed by atoms with Crippen molar-refractivity contribution in [3.05, 3.63) is 11.3 Å². The Morgan fingerprint density at radius 2 is 1.80 bits per heavy atom. The molecule has 0 radical (unpaired) electrons. The highest BCUT2D eigenvalue weighted by Gasteiger charge is 2.16. The van der Waals surface area contributed by atoms with E-state index in [4.69, 9.17) is 0 Å². The van der Waals surface area contributed by atoms with E-state index in [1.807, 2.05) is 14.0 Å². The minimum Gasteiger partial charge on any atom is -0.373 e. The third-order valence-corrected chi connectivity index (χ3v) is 3.00. The van der Waals surface area contributed by atoms with Gasteiger partial charge in [0.2, 0.25) is 5.95 Å². The van der Waals surface area contributed by atoms with E-state index >= 15 is 0 Å². The van der Waals surface area contributed by atoms with Gasteiger partial charge in [0.25, 0.3) is 0 Å². The van der Waals surface area contributed by atoms with E-state index in [9.17, 15) is 0 Å². The van der Waals surface area contributed by atoms with Crippen molar-refractivity contribution in [2.75, 3.05) is 30.4 Å². The first-order valence-electron chi connectivity index (χ1n) is 5.50. The first-order valence-corrected chi connectivity index (χ1v) is 5.50. The predicted molar refractivity (Wildman–Crippen MR) is 62.5 cm³/mol. The van der Waals surface area contributed by atoms with E-state index < -0.39 is 0 Å². The van der Waals surface area contributed by atoms with Crippen molar-refractivity contribution in [3.8, 4) is 0 Å². The molecule has 1 aliphatic heterocycles. The Kier molecular flexibility index (Phi) is 2.75. The molecule has 4 heteroatoms. The van der Waals surface area contributed by atoms with Gasteiger partial charge in [0, 0.05) is 31.4 Å². The van der Waals surface area contributed by atoms with Crippen LogP contribution in [0.25, 0.3) is 0 Å². The summed E-state index contributed by atoms with van der Waals surface area (Å²) in [4.78, 5) is 11.3. The van der Waals surface area contributed by atoms with Gasteiger partial charge < -0.3 is 10.2 Å². The van der Waals surface area contributed by atoms with E-state index in [0.717, 1.165) is 36.1 Å². The number of anilines is 2. The number of hydrogen-bond acceptors (Lipinski definition) is 4. The summed E-state index contributed by atoms with van der Waals surface area (Å²) < 4.78 is 0. The number of nitrogens with one attached hydrogen (secondary N) is 1. The largest absolute Gasteiger partial charge is 0.373 e. The first-order chi connectivity index (χ1) is 7.22. The molecular formula is C11H18N4. The minimum absolute atomic E-state index is 0.875. The summed E-state index contributed by atoms with van der Waals surface area (Å²) in [6.07, 6.45) is 2.51. The normalized spacial score (nSPS) is 15.8. The average Bonchev–Trinajstić information content (AvgIpc) is 2.75. The van der Waals surface area contributed by atoms with Gasteiger partial charge in [0.05, 0.1) is 0 Å². The maximum atomic E-state index is 4.54. The van der Waals surface area contributed by atoms with Gasteiger partial charge >= 0.3 is 0 Å². The molecule has 2 heterocycles. The molecule has 4 nitrogen and oxygen atoms in total. The van der Waals surface area contributed by atoms with E-state index in [1.54, 1.807) is 0 Å². The van der Waals surface area contributed by atoms with Gasteiger partial charge in [0.1, 0.15) is 5.82 Å². The van der Waals surface area contributed by atoms with Gasteiger partial charge in [-0.15, -0.1) is 0 Å². The molecule has 0 spiro atoms. The molecular weight excluding hydrogens is 188 g/mol. The maximum absolute atomic E-state index is 4.54. The zero-order chi connectivity index (χ0) is 10.8. The Morgan fingerprint density at radius 3 is 2.40 bits per heavy atom. The highest BCUT2D eigenvalue weighted by atomic mass is 15.3. The topological polar surface area (TPSA) is 41.1 Å². The third kappa shape index (κ3) is 1.89. The summed E-state index contributed by atoms with van der Waals surface area (Å²) in [5, 5.41) is 3.12. The highest BCUT2D eigenvalue weighted by molar-refractivity contribution is 5.50. The number of rotatable bonds is 2. The summed E-state index contributed by atoms with van der Waals surface area (Å²) >= 11 is 0. The fourth-order valence-electron chi connectivity index (χ4n) is 1.92. The summed E-state index contributed by atoms with van der Waals surface area (Å²) in [5.74, 6) is 1.82. The summed E-state index contributed by atoms with van der Waals surface area (Å²) in [6.45, 7) is 6.27. The zero-order valence-corrected chi connectivity index (χ0v) is 9.67. The fourth-order valence-corrected chi connectivity index (χ4v) is 1.92.